The lowest BCUT2D eigenvalue weighted by molar-refractivity contribution is -0.148. The minimum atomic E-state index is -1.02. The zero-order chi connectivity index (χ0) is 15.6. The Bertz CT molecular complexity index is 565. The molecular weight excluding hydrogens is 270 g/mol. The van der Waals surface area contributed by atoms with Crippen molar-refractivity contribution in [3.63, 3.8) is 0 Å². The predicted octanol–water partition coefficient (Wildman–Crippen LogP) is 1.90. The molecule has 0 radical (unpaired) electrons. The number of carbonyl (C=O) groups excluding carboxylic acids is 1. The smallest absolute Gasteiger partial charge is 0.309 e. The molecule has 1 amide bonds. The topological polar surface area (TPSA) is 86.6 Å². The number of aliphatic hydroxyl groups excluding tert-OH is 1. The molecule has 0 saturated heterocycles. The maximum atomic E-state index is 12.0. The van der Waals surface area contributed by atoms with Crippen LogP contribution in [0.15, 0.2) is 18.2 Å². The van der Waals surface area contributed by atoms with E-state index in [0.717, 1.165) is 18.4 Å². The van der Waals surface area contributed by atoms with E-state index in [9.17, 15) is 14.7 Å². The van der Waals surface area contributed by atoms with E-state index in [1.807, 2.05) is 6.07 Å². The van der Waals surface area contributed by atoms with Crippen molar-refractivity contribution < 1.29 is 19.8 Å². The van der Waals surface area contributed by atoms with Crippen molar-refractivity contribution in [1.29, 1.82) is 0 Å². The number of aryl methyl sites for hydroxylation is 1. The third-order valence-corrected chi connectivity index (χ3v) is 3.95. The molecule has 0 spiro atoms. The molecule has 114 valence electrons. The predicted molar refractivity (Wildman–Crippen MR) is 78.1 cm³/mol. The Labute approximate surface area is 124 Å². The molecule has 1 aliphatic heterocycles. The van der Waals surface area contributed by atoms with Crippen LogP contribution >= 0.6 is 0 Å². The number of benzene rings is 1. The van der Waals surface area contributed by atoms with E-state index in [0.29, 0.717) is 17.7 Å². The highest BCUT2D eigenvalue weighted by Crippen LogP contribution is 2.31. The summed E-state index contributed by atoms with van der Waals surface area (Å²) >= 11 is 0. The van der Waals surface area contributed by atoms with Crippen LogP contribution in [0.25, 0.3) is 0 Å². The molecule has 1 heterocycles. The van der Waals surface area contributed by atoms with Gasteiger partial charge in [0.05, 0.1) is 11.5 Å². The van der Waals surface area contributed by atoms with Gasteiger partial charge >= 0.3 is 5.97 Å². The van der Waals surface area contributed by atoms with Gasteiger partial charge in [0, 0.05) is 12.1 Å². The molecule has 1 atom stereocenters. The first-order valence-corrected chi connectivity index (χ1v) is 7.14. The second kappa shape index (κ2) is 5.85. The summed E-state index contributed by atoms with van der Waals surface area (Å²) in [6.45, 7) is 3.81. The third-order valence-electron chi connectivity index (χ3n) is 3.95. The van der Waals surface area contributed by atoms with Gasteiger partial charge in [0.25, 0.3) is 5.91 Å². The van der Waals surface area contributed by atoms with Gasteiger partial charge in [-0.25, -0.2) is 0 Å². The highest BCUT2D eigenvalue weighted by Gasteiger charge is 2.31. The monoisotopic (exact) mass is 291 g/mol. The number of carboxylic acids is 1. The van der Waals surface area contributed by atoms with Crippen LogP contribution in [0, 0.1) is 5.41 Å². The van der Waals surface area contributed by atoms with Gasteiger partial charge in [-0.1, -0.05) is 12.1 Å². The first-order chi connectivity index (χ1) is 9.81. The quantitative estimate of drug-likeness (QED) is 0.790. The van der Waals surface area contributed by atoms with Gasteiger partial charge < -0.3 is 15.5 Å². The molecule has 21 heavy (non-hydrogen) atoms. The number of aliphatic carboxylic acids is 1. The Morgan fingerprint density at radius 2 is 2.14 bits per heavy atom. The molecule has 2 rings (SSSR count). The molecule has 5 heteroatoms. The Hall–Kier alpha value is -1.88. The summed E-state index contributed by atoms with van der Waals surface area (Å²) in [5.41, 5.74) is 1.12. The normalized spacial score (nSPS) is 16.6. The van der Waals surface area contributed by atoms with Crippen LogP contribution in [0.1, 0.15) is 54.3 Å². The SMILES string of the molecule is CC(C)(CC(O)c1ccc2c(c1)C(=O)NCCC2)C(=O)O. The molecule has 0 bridgehead atoms. The van der Waals surface area contributed by atoms with Crippen LogP contribution in [-0.2, 0) is 11.2 Å². The van der Waals surface area contributed by atoms with Crippen LogP contribution in [0.5, 0.6) is 0 Å². The Kier molecular flexibility index (Phi) is 4.32. The zero-order valence-electron chi connectivity index (χ0n) is 12.3. The molecule has 0 aromatic heterocycles. The fourth-order valence-electron chi connectivity index (χ4n) is 2.50. The van der Waals surface area contributed by atoms with Crippen molar-refractivity contribution in [3.8, 4) is 0 Å². The molecule has 1 aromatic rings. The van der Waals surface area contributed by atoms with E-state index in [2.05, 4.69) is 5.32 Å². The van der Waals surface area contributed by atoms with Crippen LogP contribution < -0.4 is 5.32 Å². The highest BCUT2D eigenvalue weighted by atomic mass is 16.4. The molecule has 0 saturated carbocycles. The number of fused-ring (bicyclic) bond motifs is 1. The van der Waals surface area contributed by atoms with Crippen molar-refractivity contribution in [2.24, 2.45) is 5.41 Å². The first kappa shape index (κ1) is 15.5. The maximum Gasteiger partial charge on any atom is 0.309 e. The van der Waals surface area contributed by atoms with Gasteiger partial charge in [0.2, 0.25) is 0 Å². The lowest BCUT2D eigenvalue weighted by Gasteiger charge is -2.23. The van der Waals surface area contributed by atoms with E-state index in [4.69, 9.17) is 5.11 Å². The molecule has 1 unspecified atom stereocenters. The van der Waals surface area contributed by atoms with E-state index in [-0.39, 0.29) is 12.3 Å². The van der Waals surface area contributed by atoms with Crippen molar-refractivity contribution in [2.75, 3.05) is 6.54 Å². The van der Waals surface area contributed by atoms with E-state index < -0.39 is 17.5 Å². The zero-order valence-corrected chi connectivity index (χ0v) is 12.3. The second-order valence-electron chi connectivity index (χ2n) is 6.18. The minimum absolute atomic E-state index is 0.0999. The average Bonchev–Trinajstić information content (AvgIpc) is 2.60. The minimum Gasteiger partial charge on any atom is -0.481 e. The van der Waals surface area contributed by atoms with Gasteiger partial charge in [-0.05, 0) is 50.3 Å². The average molecular weight is 291 g/mol. The molecular formula is C16H21NO4. The van der Waals surface area contributed by atoms with Crippen molar-refractivity contribution in [2.45, 2.75) is 39.2 Å². The summed E-state index contributed by atoms with van der Waals surface area (Å²) in [5.74, 6) is -1.08. The summed E-state index contributed by atoms with van der Waals surface area (Å²) in [7, 11) is 0. The van der Waals surface area contributed by atoms with Crippen molar-refractivity contribution >= 4 is 11.9 Å². The fourth-order valence-corrected chi connectivity index (χ4v) is 2.50. The Balaban J connectivity index is 2.25. The van der Waals surface area contributed by atoms with Gasteiger partial charge in [0.15, 0.2) is 0 Å². The number of aliphatic hydroxyl groups is 1. The van der Waals surface area contributed by atoms with Gasteiger partial charge in [-0.2, -0.15) is 0 Å². The summed E-state index contributed by atoms with van der Waals surface area (Å²) in [6, 6.07) is 5.31. The number of carbonyl (C=O) groups is 2. The van der Waals surface area contributed by atoms with E-state index >= 15 is 0 Å². The molecule has 1 aliphatic rings. The largest absolute Gasteiger partial charge is 0.481 e. The number of amides is 1. The summed E-state index contributed by atoms with van der Waals surface area (Å²) in [5, 5.41) is 22.2. The summed E-state index contributed by atoms with van der Waals surface area (Å²) in [4.78, 5) is 23.1. The lowest BCUT2D eigenvalue weighted by atomic mass is 9.84. The number of carboxylic acid groups (broad SMARTS) is 1. The van der Waals surface area contributed by atoms with Crippen LogP contribution in [0.4, 0.5) is 0 Å². The summed E-state index contributed by atoms with van der Waals surface area (Å²) in [6.07, 6.45) is 0.915. The highest BCUT2D eigenvalue weighted by molar-refractivity contribution is 5.96. The first-order valence-electron chi connectivity index (χ1n) is 7.14. The number of rotatable bonds is 4. The van der Waals surface area contributed by atoms with Crippen LogP contribution in [0.3, 0.4) is 0 Å². The van der Waals surface area contributed by atoms with E-state index in [1.54, 1.807) is 26.0 Å². The number of hydrogen-bond donors (Lipinski definition) is 3. The van der Waals surface area contributed by atoms with Gasteiger partial charge in [0.1, 0.15) is 0 Å². The van der Waals surface area contributed by atoms with Crippen molar-refractivity contribution in [3.05, 3.63) is 34.9 Å². The van der Waals surface area contributed by atoms with Crippen LogP contribution in [0.2, 0.25) is 0 Å². The molecule has 0 fully saturated rings. The standard InChI is InChI=1S/C16H21NO4/c1-16(2,15(20)21)9-13(18)11-6-5-10-4-3-7-17-14(19)12(10)8-11/h5-6,8,13,18H,3-4,7,9H2,1-2H3,(H,17,19)(H,20,21). The second-order valence-corrected chi connectivity index (χ2v) is 6.18. The maximum absolute atomic E-state index is 12.0. The Morgan fingerprint density at radius 3 is 2.81 bits per heavy atom. The fraction of sp³-hybridized carbons (Fsp3) is 0.500. The van der Waals surface area contributed by atoms with E-state index in [1.165, 1.54) is 0 Å². The van der Waals surface area contributed by atoms with Gasteiger partial charge in [-0.3, -0.25) is 9.59 Å². The molecule has 5 nitrogen and oxygen atoms in total. The lowest BCUT2D eigenvalue weighted by Crippen LogP contribution is -2.26. The molecule has 0 aliphatic carbocycles. The Morgan fingerprint density at radius 1 is 1.43 bits per heavy atom. The molecule has 3 N–H and O–H groups in total. The number of nitrogens with one attached hydrogen (secondary N) is 1. The number of hydrogen-bond acceptors (Lipinski definition) is 3. The third kappa shape index (κ3) is 3.42. The van der Waals surface area contributed by atoms with Gasteiger partial charge in [-0.15, -0.1) is 0 Å². The van der Waals surface area contributed by atoms with Crippen LogP contribution in [-0.4, -0.2) is 28.6 Å². The molecule has 1 aromatic carbocycles. The summed E-state index contributed by atoms with van der Waals surface area (Å²) < 4.78 is 0. The van der Waals surface area contributed by atoms with Crippen molar-refractivity contribution in [1.82, 2.24) is 5.32 Å².